The van der Waals surface area contributed by atoms with Gasteiger partial charge in [-0.2, -0.15) is 4.91 Å². The summed E-state index contributed by atoms with van der Waals surface area (Å²) in [7, 11) is 0. The highest BCUT2D eigenvalue weighted by atomic mass is 16.3. The lowest BCUT2D eigenvalue weighted by Gasteiger charge is -2.10. The molecule has 0 heterocycles. The number of rotatable bonds is 1. The van der Waals surface area contributed by atoms with Gasteiger partial charge in [0.15, 0.2) is 0 Å². The van der Waals surface area contributed by atoms with Crippen LogP contribution in [0.15, 0.2) is 60.3 Å². The summed E-state index contributed by atoms with van der Waals surface area (Å²) < 4.78 is 0. The van der Waals surface area contributed by atoms with Crippen LogP contribution < -0.4 is 0 Å². The van der Waals surface area contributed by atoms with Gasteiger partial charge in [-0.25, -0.2) is 0 Å². The summed E-state index contributed by atoms with van der Waals surface area (Å²) in [5, 5.41) is 3.29. The molecule has 0 fully saturated rings. The molecule has 0 spiro atoms. The maximum atomic E-state index is 11.1. The van der Waals surface area contributed by atoms with Gasteiger partial charge >= 0.3 is 0 Å². The molecule has 1 aliphatic carbocycles. The van der Waals surface area contributed by atoms with E-state index in [1.165, 1.54) is 0 Å². The molecule has 0 aliphatic heterocycles. The summed E-state index contributed by atoms with van der Waals surface area (Å²) in [5.74, 6) is 0. The molecule has 0 N–H and O–H groups in total. The summed E-state index contributed by atoms with van der Waals surface area (Å²) in [5.41, 5.74) is 5.26. The summed E-state index contributed by atoms with van der Waals surface area (Å²) in [4.78, 5) is 11.1. The third-order valence-electron chi connectivity index (χ3n) is 3.53. The second kappa shape index (κ2) is 4.22. The van der Waals surface area contributed by atoms with Gasteiger partial charge in [-0.15, -0.1) is 0 Å². The van der Waals surface area contributed by atoms with Crippen molar-refractivity contribution < 1.29 is 0 Å². The van der Waals surface area contributed by atoms with Crippen molar-refractivity contribution in [2.75, 3.05) is 0 Å². The zero-order chi connectivity index (χ0) is 12.5. The van der Waals surface area contributed by atoms with Gasteiger partial charge in [0.2, 0.25) is 0 Å². The number of fused-ring (bicyclic) bond motifs is 2. The average molecular weight is 235 g/mol. The lowest BCUT2D eigenvalue weighted by Crippen LogP contribution is -1.99. The molecular formula is C16H13NO. The standard InChI is InChI=1S/C16H13NO/c1-11-13-7-3-2-6-12(13)10-16(17-18)15-9-5-4-8-14(11)15/h2-9,16H,1,10H2. The van der Waals surface area contributed by atoms with E-state index in [9.17, 15) is 4.91 Å². The van der Waals surface area contributed by atoms with E-state index in [1.54, 1.807) is 0 Å². The Morgan fingerprint density at radius 3 is 2.44 bits per heavy atom. The fourth-order valence-electron chi connectivity index (χ4n) is 2.61. The second-order valence-corrected chi connectivity index (χ2v) is 4.55. The molecule has 0 bridgehead atoms. The summed E-state index contributed by atoms with van der Waals surface area (Å²) in [6.45, 7) is 4.18. The molecule has 0 saturated heterocycles. The van der Waals surface area contributed by atoms with Crippen molar-refractivity contribution in [2.45, 2.75) is 12.5 Å². The smallest absolute Gasteiger partial charge is 0.121 e. The molecule has 0 amide bonds. The quantitative estimate of drug-likeness (QED) is 0.684. The van der Waals surface area contributed by atoms with Crippen LogP contribution in [0.25, 0.3) is 5.57 Å². The van der Waals surface area contributed by atoms with Crippen molar-refractivity contribution in [1.29, 1.82) is 0 Å². The van der Waals surface area contributed by atoms with Crippen LogP contribution >= 0.6 is 0 Å². The topological polar surface area (TPSA) is 29.4 Å². The van der Waals surface area contributed by atoms with Gasteiger partial charge in [-0.05, 0) is 27.8 Å². The van der Waals surface area contributed by atoms with E-state index >= 15 is 0 Å². The van der Waals surface area contributed by atoms with Crippen LogP contribution in [-0.4, -0.2) is 0 Å². The molecule has 88 valence electrons. The molecule has 18 heavy (non-hydrogen) atoms. The molecule has 0 aromatic heterocycles. The molecule has 1 unspecified atom stereocenters. The zero-order valence-electron chi connectivity index (χ0n) is 9.97. The summed E-state index contributed by atoms with van der Waals surface area (Å²) in [6.07, 6.45) is 0.649. The monoisotopic (exact) mass is 235 g/mol. The Balaban J connectivity index is 2.27. The van der Waals surface area contributed by atoms with E-state index in [4.69, 9.17) is 0 Å². The van der Waals surface area contributed by atoms with Gasteiger partial charge in [-0.3, -0.25) is 0 Å². The SMILES string of the molecule is C=C1c2ccccc2CC(N=O)c2ccccc21. The highest BCUT2D eigenvalue weighted by Gasteiger charge is 2.24. The van der Waals surface area contributed by atoms with Crippen LogP contribution in [-0.2, 0) is 6.42 Å². The van der Waals surface area contributed by atoms with Gasteiger partial charge in [0.25, 0.3) is 0 Å². The Kier molecular flexibility index (Phi) is 2.56. The molecule has 0 radical (unpaired) electrons. The van der Waals surface area contributed by atoms with E-state index in [-0.39, 0.29) is 6.04 Å². The van der Waals surface area contributed by atoms with Crippen LogP contribution in [0.2, 0.25) is 0 Å². The third kappa shape index (κ3) is 1.58. The number of nitroso groups, excluding NO2 is 1. The first-order valence-corrected chi connectivity index (χ1v) is 6.00. The predicted molar refractivity (Wildman–Crippen MR) is 73.3 cm³/mol. The Morgan fingerprint density at radius 1 is 1.00 bits per heavy atom. The van der Waals surface area contributed by atoms with E-state index in [1.807, 2.05) is 42.5 Å². The highest BCUT2D eigenvalue weighted by molar-refractivity contribution is 5.82. The van der Waals surface area contributed by atoms with Crippen LogP contribution in [0.4, 0.5) is 0 Å². The van der Waals surface area contributed by atoms with Gasteiger partial charge in [-0.1, -0.05) is 60.3 Å². The first-order chi connectivity index (χ1) is 8.81. The maximum Gasteiger partial charge on any atom is 0.121 e. The van der Waals surface area contributed by atoms with Crippen molar-refractivity contribution in [3.8, 4) is 0 Å². The molecule has 2 aromatic carbocycles. The van der Waals surface area contributed by atoms with E-state index in [2.05, 4.69) is 17.8 Å². The van der Waals surface area contributed by atoms with Crippen molar-refractivity contribution in [3.05, 3.63) is 82.3 Å². The summed E-state index contributed by atoms with van der Waals surface area (Å²) in [6, 6.07) is 15.7. The van der Waals surface area contributed by atoms with Crippen LogP contribution in [0.5, 0.6) is 0 Å². The van der Waals surface area contributed by atoms with Crippen molar-refractivity contribution >= 4 is 5.57 Å². The third-order valence-corrected chi connectivity index (χ3v) is 3.53. The van der Waals surface area contributed by atoms with Crippen molar-refractivity contribution in [1.82, 2.24) is 0 Å². The normalized spacial score (nSPS) is 17.6. The average Bonchev–Trinajstić information content (AvgIpc) is 2.55. The summed E-state index contributed by atoms with van der Waals surface area (Å²) >= 11 is 0. The van der Waals surface area contributed by atoms with Gasteiger partial charge < -0.3 is 0 Å². The minimum Gasteiger partial charge on any atom is -0.150 e. The number of hydrogen-bond acceptors (Lipinski definition) is 2. The Bertz CT molecular complexity index is 630. The number of benzene rings is 2. The molecule has 3 rings (SSSR count). The zero-order valence-corrected chi connectivity index (χ0v) is 9.97. The minimum absolute atomic E-state index is 0.318. The first kappa shape index (κ1) is 10.9. The Morgan fingerprint density at radius 2 is 1.67 bits per heavy atom. The highest BCUT2D eigenvalue weighted by Crippen LogP contribution is 2.37. The molecule has 1 aliphatic rings. The second-order valence-electron chi connectivity index (χ2n) is 4.55. The Labute approximate surface area is 106 Å². The lowest BCUT2D eigenvalue weighted by molar-refractivity contribution is 0.720. The van der Waals surface area contributed by atoms with Crippen LogP contribution in [0.3, 0.4) is 0 Å². The fraction of sp³-hybridized carbons (Fsp3) is 0.125. The fourth-order valence-corrected chi connectivity index (χ4v) is 2.61. The molecule has 1 atom stereocenters. The first-order valence-electron chi connectivity index (χ1n) is 6.00. The molecule has 2 aromatic rings. The molecule has 2 nitrogen and oxygen atoms in total. The largest absolute Gasteiger partial charge is 0.150 e. The predicted octanol–water partition coefficient (Wildman–Crippen LogP) is 4.11. The van der Waals surface area contributed by atoms with Gasteiger partial charge in [0, 0.05) is 6.42 Å². The molecular weight excluding hydrogens is 222 g/mol. The van der Waals surface area contributed by atoms with E-state index < -0.39 is 0 Å². The van der Waals surface area contributed by atoms with Crippen LogP contribution in [0, 0.1) is 4.91 Å². The minimum atomic E-state index is -0.318. The van der Waals surface area contributed by atoms with E-state index in [0.717, 1.165) is 27.8 Å². The van der Waals surface area contributed by atoms with E-state index in [0.29, 0.717) is 6.42 Å². The lowest BCUT2D eigenvalue weighted by atomic mass is 9.95. The van der Waals surface area contributed by atoms with Gasteiger partial charge in [0.1, 0.15) is 6.04 Å². The van der Waals surface area contributed by atoms with Crippen molar-refractivity contribution in [2.24, 2.45) is 5.18 Å². The number of nitrogens with zero attached hydrogens (tertiary/aromatic N) is 1. The molecule has 2 heteroatoms. The Hall–Kier alpha value is -2.22. The number of hydrogen-bond donors (Lipinski definition) is 0. The maximum absolute atomic E-state index is 11.1. The molecule has 0 saturated carbocycles. The van der Waals surface area contributed by atoms with Gasteiger partial charge in [0.05, 0.1) is 0 Å². The van der Waals surface area contributed by atoms with Crippen molar-refractivity contribution in [3.63, 3.8) is 0 Å². The van der Waals surface area contributed by atoms with Crippen LogP contribution in [0.1, 0.15) is 28.3 Å².